The maximum Gasteiger partial charge on any atom is 0.306 e. The number of amides is 1. The minimum Gasteiger partial charge on any atom is -0.462 e. The summed E-state index contributed by atoms with van der Waals surface area (Å²) >= 11 is 0. The van der Waals surface area contributed by atoms with E-state index in [0.717, 1.165) is 77.0 Å². The van der Waals surface area contributed by atoms with Crippen molar-refractivity contribution in [3.63, 3.8) is 0 Å². The molecular weight excluding hydrogens is 743 g/mol. The van der Waals surface area contributed by atoms with Crippen molar-refractivity contribution in [3.8, 4) is 0 Å². The number of nitrogens with one attached hydrogen (secondary N) is 1. The van der Waals surface area contributed by atoms with Crippen LogP contribution < -0.4 is 5.32 Å². The van der Waals surface area contributed by atoms with E-state index in [4.69, 9.17) is 4.74 Å². The Morgan fingerprint density at radius 2 is 0.867 bits per heavy atom. The highest BCUT2D eigenvalue weighted by Gasteiger charge is 2.24. The molecule has 0 aromatic heterocycles. The number of aliphatic hydroxyl groups is 2. The summed E-state index contributed by atoms with van der Waals surface area (Å²) in [5.41, 5.74) is 0. The molecule has 0 fully saturated rings. The Morgan fingerprint density at radius 1 is 0.483 bits per heavy atom. The highest BCUT2D eigenvalue weighted by atomic mass is 16.5. The van der Waals surface area contributed by atoms with Crippen LogP contribution in [0.1, 0.15) is 258 Å². The van der Waals surface area contributed by atoms with Crippen molar-refractivity contribution < 1.29 is 24.5 Å². The molecule has 0 bridgehead atoms. The van der Waals surface area contributed by atoms with Crippen molar-refractivity contribution >= 4 is 11.9 Å². The number of unbranched alkanes of at least 4 members (excludes halogenated alkanes) is 26. The Balaban J connectivity index is 4.62. The van der Waals surface area contributed by atoms with Crippen molar-refractivity contribution in [3.05, 3.63) is 48.6 Å². The van der Waals surface area contributed by atoms with E-state index in [1.807, 2.05) is 0 Å². The number of aliphatic hydroxyl groups excluding tert-OH is 2. The summed E-state index contributed by atoms with van der Waals surface area (Å²) in [6.45, 7) is 6.41. The Hall–Kier alpha value is -2.18. The van der Waals surface area contributed by atoms with Gasteiger partial charge < -0.3 is 20.3 Å². The van der Waals surface area contributed by atoms with Gasteiger partial charge in [0.15, 0.2) is 0 Å². The first-order valence-corrected chi connectivity index (χ1v) is 25.9. The molecular formula is C54H99NO5. The van der Waals surface area contributed by atoms with Gasteiger partial charge >= 0.3 is 5.97 Å². The van der Waals surface area contributed by atoms with Gasteiger partial charge in [0.05, 0.1) is 25.2 Å². The Bertz CT molecular complexity index is 1040. The number of carbonyl (C=O) groups excluding carboxylic acids is 2. The molecule has 3 N–H and O–H groups in total. The summed E-state index contributed by atoms with van der Waals surface area (Å²) in [4.78, 5) is 26.1. The first-order chi connectivity index (χ1) is 29.5. The van der Waals surface area contributed by atoms with Crippen molar-refractivity contribution in [2.24, 2.45) is 0 Å². The first-order valence-electron chi connectivity index (χ1n) is 25.9. The second-order valence-electron chi connectivity index (χ2n) is 17.6. The summed E-state index contributed by atoms with van der Waals surface area (Å²) in [5, 5.41) is 23.8. The lowest BCUT2D eigenvalue weighted by Gasteiger charge is -2.24. The normalized spacial score (nSPS) is 13.6. The molecule has 0 aromatic rings. The molecule has 0 spiro atoms. The molecule has 0 aliphatic heterocycles. The SMILES string of the molecule is CCCC/C=C\CCCCCCCC(=O)OC(CCCC/C=C\C/C=C\C/C=C\CCCCC)CC(=O)NC(CO)C(O)CCCCCCCCCCCCCCCCC. The summed E-state index contributed by atoms with van der Waals surface area (Å²) in [5.74, 6) is -0.519. The van der Waals surface area contributed by atoms with Gasteiger partial charge in [-0.15, -0.1) is 0 Å². The predicted octanol–water partition coefficient (Wildman–Crippen LogP) is 15.5. The number of ether oxygens (including phenoxy) is 1. The van der Waals surface area contributed by atoms with E-state index in [1.54, 1.807) is 0 Å². The third kappa shape index (κ3) is 42.5. The monoisotopic (exact) mass is 842 g/mol. The molecule has 1 amide bonds. The first kappa shape index (κ1) is 57.8. The molecule has 0 aromatic carbocycles. The van der Waals surface area contributed by atoms with Gasteiger partial charge in [-0.3, -0.25) is 9.59 Å². The van der Waals surface area contributed by atoms with E-state index in [9.17, 15) is 19.8 Å². The highest BCUT2D eigenvalue weighted by Crippen LogP contribution is 2.17. The van der Waals surface area contributed by atoms with Gasteiger partial charge in [0.25, 0.3) is 0 Å². The fourth-order valence-corrected chi connectivity index (χ4v) is 7.65. The van der Waals surface area contributed by atoms with Crippen LogP contribution in [0.15, 0.2) is 48.6 Å². The molecule has 0 heterocycles. The fourth-order valence-electron chi connectivity index (χ4n) is 7.65. The molecule has 6 nitrogen and oxygen atoms in total. The zero-order valence-corrected chi connectivity index (χ0v) is 39.8. The van der Waals surface area contributed by atoms with Crippen LogP contribution >= 0.6 is 0 Å². The zero-order chi connectivity index (χ0) is 43.8. The molecule has 0 radical (unpaired) electrons. The molecule has 0 aliphatic carbocycles. The van der Waals surface area contributed by atoms with Gasteiger partial charge in [-0.05, 0) is 83.5 Å². The number of rotatable bonds is 46. The summed E-state index contributed by atoms with van der Waals surface area (Å²) in [7, 11) is 0. The smallest absolute Gasteiger partial charge is 0.306 e. The van der Waals surface area contributed by atoms with Gasteiger partial charge in [0, 0.05) is 6.42 Å². The van der Waals surface area contributed by atoms with E-state index in [2.05, 4.69) is 74.7 Å². The Kier molecular flexibility index (Phi) is 46.1. The van der Waals surface area contributed by atoms with E-state index in [1.165, 1.54) is 135 Å². The molecule has 350 valence electrons. The summed E-state index contributed by atoms with van der Waals surface area (Å²) < 4.78 is 5.90. The Morgan fingerprint density at radius 3 is 1.40 bits per heavy atom. The molecule has 3 unspecified atom stereocenters. The molecule has 0 rings (SSSR count). The summed E-state index contributed by atoms with van der Waals surface area (Å²) in [6, 6.07) is -0.715. The van der Waals surface area contributed by atoms with Gasteiger partial charge in [-0.2, -0.15) is 0 Å². The minimum atomic E-state index is -0.798. The van der Waals surface area contributed by atoms with Gasteiger partial charge in [-0.25, -0.2) is 0 Å². The van der Waals surface area contributed by atoms with Gasteiger partial charge in [0.1, 0.15) is 6.10 Å². The highest BCUT2D eigenvalue weighted by molar-refractivity contribution is 5.77. The number of hydrogen-bond acceptors (Lipinski definition) is 5. The summed E-state index contributed by atoms with van der Waals surface area (Å²) in [6.07, 6.45) is 57.4. The lowest BCUT2D eigenvalue weighted by atomic mass is 10.0. The topological polar surface area (TPSA) is 95.9 Å². The largest absolute Gasteiger partial charge is 0.462 e. The van der Waals surface area contributed by atoms with Crippen LogP contribution in [0.3, 0.4) is 0 Å². The molecule has 60 heavy (non-hydrogen) atoms. The zero-order valence-electron chi connectivity index (χ0n) is 39.8. The standard InChI is InChI=1S/C54H99NO5/c1-4-7-10-13-16-19-22-24-26-28-31-33-36-39-42-45-50(60-54(59)47-44-41-38-35-30-21-18-15-12-9-6-3)48-53(58)55-51(49-56)52(57)46-43-40-37-34-32-29-27-25-23-20-17-14-11-8-5-2/h15-16,18-19,24,26,31,33,50-52,56-57H,4-14,17,20-23,25,27-30,32,34-49H2,1-3H3,(H,55,58)/b18-15-,19-16-,26-24-,33-31-. The molecule has 0 saturated heterocycles. The molecule has 3 atom stereocenters. The number of hydrogen-bond donors (Lipinski definition) is 3. The maximum atomic E-state index is 13.2. The van der Waals surface area contributed by atoms with E-state index in [-0.39, 0.29) is 24.9 Å². The van der Waals surface area contributed by atoms with Crippen LogP contribution in [0, 0.1) is 0 Å². The second kappa shape index (κ2) is 47.9. The molecule has 0 saturated carbocycles. The van der Waals surface area contributed by atoms with E-state index in [0.29, 0.717) is 19.3 Å². The quantitative estimate of drug-likeness (QED) is 0.0322. The van der Waals surface area contributed by atoms with Crippen LogP contribution in [-0.2, 0) is 14.3 Å². The third-order valence-corrected chi connectivity index (χ3v) is 11.6. The van der Waals surface area contributed by atoms with Gasteiger partial charge in [0.2, 0.25) is 5.91 Å². The molecule has 6 heteroatoms. The van der Waals surface area contributed by atoms with Crippen molar-refractivity contribution in [1.82, 2.24) is 5.32 Å². The third-order valence-electron chi connectivity index (χ3n) is 11.6. The van der Waals surface area contributed by atoms with E-state index < -0.39 is 18.2 Å². The Labute approximate surface area is 372 Å². The van der Waals surface area contributed by atoms with Crippen LogP contribution in [0.2, 0.25) is 0 Å². The number of carbonyl (C=O) groups is 2. The predicted molar refractivity (Wildman–Crippen MR) is 259 cm³/mol. The molecule has 0 aliphatic rings. The maximum absolute atomic E-state index is 13.2. The van der Waals surface area contributed by atoms with E-state index >= 15 is 0 Å². The van der Waals surface area contributed by atoms with Crippen LogP contribution in [0.5, 0.6) is 0 Å². The van der Waals surface area contributed by atoms with Crippen molar-refractivity contribution in [1.29, 1.82) is 0 Å². The minimum absolute atomic E-state index is 0.0490. The van der Waals surface area contributed by atoms with Crippen LogP contribution in [-0.4, -0.2) is 46.9 Å². The van der Waals surface area contributed by atoms with Crippen LogP contribution in [0.25, 0.3) is 0 Å². The second-order valence-corrected chi connectivity index (χ2v) is 17.6. The van der Waals surface area contributed by atoms with Crippen LogP contribution in [0.4, 0.5) is 0 Å². The lowest BCUT2D eigenvalue weighted by molar-refractivity contribution is -0.151. The lowest BCUT2D eigenvalue weighted by Crippen LogP contribution is -2.46. The average Bonchev–Trinajstić information content (AvgIpc) is 3.24. The number of esters is 1. The van der Waals surface area contributed by atoms with Crippen molar-refractivity contribution in [2.75, 3.05) is 6.61 Å². The average molecular weight is 842 g/mol. The fraction of sp³-hybridized carbons (Fsp3) is 0.815. The number of allylic oxidation sites excluding steroid dienone is 8. The van der Waals surface area contributed by atoms with Gasteiger partial charge in [-0.1, -0.05) is 211 Å². The van der Waals surface area contributed by atoms with Crippen molar-refractivity contribution in [2.45, 2.75) is 277 Å².